The Hall–Kier alpha value is -1.94. The molecule has 2 heterocycles. The zero-order valence-electron chi connectivity index (χ0n) is 15.6. The maximum atomic E-state index is 12.9. The number of benzene rings is 1. The standard InChI is InChI=1S/C17H23N5O3S2/c1-4-21(14-9-10-27(24,25)11-14)16(23)13(3)26-17-18-19-20-22(17)15-8-6-5-7-12(15)2/h5-8,13-14H,4,9-11H2,1-3H3/t13-,14+/m0/s1. The van der Waals surface area contributed by atoms with Gasteiger partial charge in [-0.25, -0.2) is 8.42 Å². The van der Waals surface area contributed by atoms with E-state index in [0.29, 0.717) is 18.1 Å². The van der Waals surface area contributed by atoms with Crippen LogP contribution in [0.15, 0.2) is 29.4 Å². The molecule has 0 saturated carbocycles. The van der Waals surface area contributed by atoms with Crippen molar-refractivity contribution in [2.45, 2.75) is 43.6 Å². The van der Waals surface area contributed by atoms with Crippen molar-refractivity contribution in [2.24, 2.45) is 0 Å². The van der Waals surface area contributed by atoms with Gasteiger partial charge in [0.25, 0.3) is 0 Å². The van der Waals surface area contributed by atoms with Gasteiger partial charge in [-0.05, 0) is 49.2 Å². The lowest BCUT2D eigenvalue weighted by Gasteiger charge is -2.29. The molecule has 3 rings (SSSR count). The number of aromatic nitrogens is 4. The van der Waals surface area contributed by atoms with E-state index in [0.717, 1.165) is 11.3 Å². The first-order valence-electron chi connectivity index (χ1n) is 8.84. The summed E-state index contributed by atoms with van der Waals surface area (Å²) < 4.78 is 25.2. The highest BCUT2D eigenvalue weighted by atomic mass is 32.2. The van der Waals surface area contributed by atoms with Crippen molar-refractivity contribution in [1.82, 2.24) is 25.1 Å². The molecule has 2 atom stereocenters. The van der Waals surface area contributed by atoms with E-state index in [-0.39, 0.29) is 23.5 Å². The lowest BCUT2D eigenvalue weighted by atomic mass is 10.2. The molecular weight excluding hydrogens is 386 g/mol. The summed E-state index contributed by atoms with van der Waals surface area (Å²) >= 11 is 1.28. The Labute approximate surface area is 163 Å². The van der Waals surface area contributed by atoms with Crippen LogP contribution in [-0.2, 0) is 14.6 Å². The molecule has 0 bridgehead atoms. The van der Waals surface area contributed by atoms with Crippen molar-refractivity contribution in [1.29, 1.82) is 0 Å². The van der Waals surface area contributed by atoms with Crippen molar-refractivity contribution in [3.05, 3.63) is 29.8 Å². The number of thioether (sulfide) groups is 1. The third kappa shape index (κ3) is 4.32. The molecule has 10 heteroatoms. The maximum absolute atomic E-state index is 12.9. The monoisotopic (exact) mass is 409 g/mol. The first-order chi connectivity index (χ1) is 12.8. The first kappa shape index (κ1) is 19.8. The predicted octanol–water partition coefficient (Wildman–Crippen LogP) is 1.49. The van der Waals surface area contributed by atoms with Gasteiger partial charge in [0.15, 0.2) is 9.84 Å². The van der Waals surface area contributed by atoms with Gasteiger partial charge in [-0.3, -0.25) is 4.79 Å². The molecule has 1 aliphatic rings. The number of tetrazole rings is 1. The largest absolute Gasteiger partial charge is 0.338 e. The highest BCUT2D eigenvalue weighted by Gasteiger charge is 2.35. The van der Waals surface area contributed by atoms with Crippen LogP contribution in [0.5, 0.6) is 0 Å². The Kier molecular flexibility index (Phi) is 5.85. The van der Waals surface area contributed by atoms with Crippen LogP contribution in [0, 0.1) is 6.92 Å². The Balaban J connectivity index is 1.76. The Morgan fingerprint density at radius 3 is 2.78 bits per heavy atom. The summed E-state index contributed by atoms with van der Waals surface area (Å²) in [5.74, 6) is 0.100. The second kappa shape index (κ2) is 7.97. The van der Waals surface area contributed by atoms with Gasteiger partial charge in [0.05, 0.1) is 22.4 Å². The number of hydrogen-bond acceptors (Lipinski definition) is 7. The number of carbonyl (C=O) groups is 1. The van der Waals surface area contributed by atoms with Gasteiger partial charge in [-0.2, -0.15) is 4.68 Å². The zero-order chi connectivity index (χ0) is 19.6. The molecule has 1 aliphatic heterocycles. The van der Waals surface area contributed by atoms with Gasteiger partial charge < -0.3 is 4.90 Å². The fraction of sp³-hybridized carbons (Fsp3) is 0.529. The molecular formula is C17H23N5O3S2. The van der Waals surface area contributed by atoms with Gasteiger partial charge in [0.1, 0.15) is 0 Å². The van der Waals surface area contributed by atoms with Gasteiger partial charge in [-0.1, -0.05) is 30.0 Å². The molecule has 0 unspecified atom stereocenters. The summed E-state index contributed by atoms with van der Waals surface area (Å²) in [6.07, 6.45) is 0.500. The van der Waals surface area contributed by atoms with Crippen LogP contribution < -0.4 is 0 Å². The second-order valence-corrected chi connectivity index (χ2v) is 10.1. The predicted molar refractivity (Wildman–Crippen MR) is 104 cm³/mol. The summed E-state index contributed by atoms with van der Waals surface area (Å²) in [7, 11) is -3.04. The van der Waals surface area contributed by atoms with Gasteiger partial charge >= 0.3 is 0 Å². The highest BCUT2D eigenvalue weighted by molar-refractivity contribution is 8.00. The lowest BCUT2D eigenvalue weighted by molar-refractivity contribution is -0.131. The maximum Gasteiger partial charge on any atom is 0.236 e. The normalized spacial score (nSPS) is 19.7. The molecule has 0 radical (unpaired) electrons. The van der Waals surface area contributed by atoms with Crippen molar-refractivity contribution < 1.29 is 13.2 Å². The van der Waals surface area contributed by atoms with Crippen molar-refractivity contribution in [2.75, 3.05) is 18.1 Å². The second-order valence-electron chi connectivity index (χ2n) is 6.60. The molecule has 0 N–H and O–H groups in total. The molecule has 1 amide bonds. The first-order valence-corrected chi connectivity index (χ1v) is 11.5. The average molecular weight is 410 g/mol. The number of rotatable bonds is 6. The summed E-state index contributed by atoms with van der Waals surface area (Å²) in [5.41, 5.74) is 1.89. The van der Waals surface area contributed by atoms with E-state index in [1.807, 2.05) is 38.1 Å². The van der Waals surface area contributed by atoms with Crippen molar-refractivity contribution in [3.63, 3.8) is 0 Å². The smallest absolute Gasteiger partial charge is 0.236 e. The molecule has 2 aromatic rings. The number of amides is 1. The average Bonchev–Trinajstić information content (AvgIpc) is 3.22. The molecule has 146 valence electrons. The van der Waals surface area contributed by atoms with E-state index in [2.05, 4.69) is 15.5 Å². The summed E-state index contributed by atoms with van der Waals surface area (Å²) in [6.45, 7) is 6.12. The lowest BCUT2D eigenvalue weighted by Crippen LogP contribution is -2.44. The van der Waals surface area contributed by atoms with E-state index >= 15 is 0 Å². The van der Waals surface area contributed by atoms with E-state index in [9.17, 15) is 13.2 Å². The summed E-state index contributed by atoms with van der Waals surface area (Å²) in [6, 6.07) is 7.50. The molecule has 27 heavy (non-hydrogen) atoms. The van der Waals surface area contributed by atoms with E-state index in [1.165, 1.54) is 11.8 Å². The molecule has 0 aliphatic carbocycles. The minimum absolute atomic E-state index is 0.0465. The topological polar surface area (TPSA) is 98.1 Å². The van der Waals surface area contributed by atoms with Gasteiger partial charge in [-0.15, -0.1) is 5.10 Å². The third-order valence-corrected chi connectivity index (χ3v) is 7.46. The molecule has 1 aromatic heterocycles. The SMILES string of the molecule is CCN(C(=O)[C@H](C)Sc1nnnn1-c1ccccc1C)[C@@H]1CCS(=O)(=O)C1. The number of hydrogen-bond donors (Lipinski definition) is 0. The van der Waals surface area contributed by atoms with Crippen LogP contribution in [0.2, 0.25) is 0 Å². The van der Waals surface area contributed by atoms with Crippen LogP contribution in [0.4, 0.5) is 0 Å². The Morgan fingerprint density at radius 1 is 1.41 bits per heavy atom. The molecule has 1 saturated heterocycles. The molecule has 8 nitrogen and oxygen atoms in total. The number of carbonyl (C=O) groups excluding carboxylic acids is 1. The molecule has 0 spiro atoms. The van der Waals surface area contributed by atoms with E-state index in [4.69, 9.17) is 0 Å². The van der Waals surface area contributed by atoms with Crippen LogP contribution >= 0.6 is 11.8 Å². The summed E-state index contributed by atoms with van der Waals surface area (Å²) in [5, 5.41) is 12.0. The number of para-hydroxylation sites is 1. The number of nitrogens with zero attached hydrogens (tertiary/aromatic N) is 5. The van der Waals surface area contributed by atoms with Crippen LogP contribution in [0.25, 0.3) is 5.69 Å². The molecule has 1 fully saturated rings. The highest BCUT2D eigenvalue weighted by Crippen LogP contribution is 2.27. The fourth-order valence-electron chi connectivity index (χ4n) is 3.26. The van der Waals surface area contributed by atoms with Crippen LogP contribution in [-0.4, -0.2) is 68.8 Å². The fourth-order valence-corrected chi connectivity index (χ4v) is 5.86. The number of sulfone groups is 1. The minimum Gasteiger partial charge on any atom is -0.338 e. The third-order valence-electron chi connectivity index (χ3n) is 4.69. The minimum atomic E-state index is -3.04. The van der Waals surface area contributed by atoms with E-state index in [1.54, 1.807) is 16.5 Å². The van der Waals surface area contributed by atoms with Crippen molar-refractivity contribution >= 4 is 27.5 Å². The van der Waals surface area contributed by atoms with Crippen LogP contribution in [0.1, 0.15) is 25.8 Å². The van der Waals surface area contributed by atoms with Crippen LogP contribution in [0.3, 0.4) is 0 Å². The Bertz CT molecular complexity index is 928. The van der Waals surface area contributed by atoms with E-state index < -0.39 is 15.1 Å². The Morgan fingerprint density at radius 2 is 2.15 bits per heavy atom. The molecule has 1 aromatic carbocycles. The number of aryl methyl sites for hydroxylation is 1. The quantitative estimate of drug-likeness (QED) is 0.667. The van der Waals surface area contributed by atoms with Gasteiger partial charge in [0.2, 0.25) is 11.1 Å². The van der Waals surface area contributed by atoms with Crippen molar-refractivity contribution in [3.8, 4) is 5.69 Å². The zero-order valence-corrected chi connectivity index (χ0v) is 17.2. The van der Waals surface area contributed by atoms with Gasteiger partial charge in [0, 0.05) is 12.6 Å². The summed E-state index contributed by atoms with van der Waals surface area (Å²) in [4.78, 5) is 14.6.